The van der Waals surface area contributed by atoms with Gasteiger partial charge in [0, 0.05) is 6.20 Å². The number of nitrogens with zero attached hydrogens (tertiary/aromatic N) is 3. The quantitative estimate of drug-likeness (QED) is 0.820. The van der Waals surface area contributed by atoms with Crippen molar-refractivity contribution in [3.8, 4) is 0 Å². The maximum atomic E-state index is 12.7. The molecule has 0 unspecified atom stereocenters. The average Bonchev–Trinajstić information content (AvgIpc) is 2.52. The lowest BCUT2D eigenvalue weighted by Crippen LogP contribution is -2.64. The molecule has 2 aliphatic rings. The molecule has 1 aromatic heterocycles. The van der Waals surface area contributed by atoms with Crippen molar-refractivity contribution in [1.29, 1.82) is 0 Å². The third kappa shape index (κ3) is 2.28. The van der Waals surface area contributed by atoms with Crippen molar-refractivity contribution < 1.29 is 14.4 Å². The smallest absolute Gasteiger partial charge is 0.277 e. The number of amides is 4. The molecule has 0 aromatic carbocycles. The van der Waals surface area contributed by atoms with Crippen molar-refractivity contribution in [2.45, 2.75) is 38.6 Å². The fraction of sp³-hybridized carbons (Fsp3) is 0.500. The zero-order chi connectivity index (χ0) is 14.9. The topological polar surface area (TPSA) is 92.3 Å². The molecule has 2 fully saturated rings. The first-order valence-electron chi connectivity index (χ1n) is 7.06. The van der Waals surface area contributed by atoms with Gasteiger partial charge >= 0.3 is 6.03 Å². The van der Waals surface area contributed by atoms with Gasteiger partial charge in [0.15, 0.2) is 0 Å². The summed E-state index contributed by atoms with van der Waals surface area (Å²) in [4.78, 5) is 45.8. The molecule has 2 heterocycles. The highest BCUT2D eigenvalue weighted by atomic mass is 16.2. The van der Waals surface area contributed by atoms with Crippen LogP contribution >= 0.6 is 0 Å². The van der Waals surface area contributed by atoms with E-state index >= 15 is 0 Å². The van der Waals surface area contributed by atoms with Gasteiger partial charge in [0.2, 0.25) is 11.8 Å². The van der Waals surface area contributed by atoms with Crippen LogP contribution in [0.4, 0.5) is 4.79 Å². The first-order chi connectivity index (χ1) is 10.1. The van der Waals surface area contributed by atoms with Crippen LogP contribution in [0.5, 0.6) is 0 Å². The van der Waals surface area contributed by atoms with Crippen molar-refractivity contribution in [2.75, 3.05) is 0 Å². The van der Waals surface area contributed by atoms with E-state index in [-0.39, 0.29) is 6.54 Å². The highest BCUT2D eigenvalue weighted by Gasteiger charge is 2.53. The molecule has 1 saturated carbocycles. The van der Waals surface area contributed by atoms with Crippen molar-refractivity contribution in [3.05, 3.63) is 24.3 Å². The highest BCUT2D eigenvalue weighted by Crippen LogP contribution is 2.40. The molecule has 1 N–H and O–H groups in total. The highest BCUT2D eigenvalue weighted by molar-refractivity contribution is 6.19. The van der Waals surface area contributed by atoms with E-state index in [1.807, 2.05) is 0 Å². The minimum Gasteiger partial charge on any atom is -0.277 e. The number of imide groups is 2. The third-order valence-electron chi connectivity index (χ3n) is 4.23. The Labute approximate surface area is 121 Å². The van der Waals surface area contributed by atoms with Crippen LogP contribution in [0.2, 0.25) is 0 Å². The molecule has 110 valence electrons. The zero-order valence-electron chi connectivity index (χ0n) is 11.5. The number of carbonyl (C=O) groups is 3. The molecule has 21 heavy (non-hydrogen) atoms. The van der Waals surface area contributed by atoms with E-state index in [0.29, 0.717) is 18.5 Å². The molecule has 1 saturated heterocycles. The molecule has 1 aromatic rings. The van der Waals surface area contributed by atoms with Crippen LogP contribution in [0.1, 0.15) is 37.8 Å². The van der Waals surface area contributed by atoms with Crippen molar-refractivity contribution >= 4 is 17.8 Å². The van der Waals surface area contributed by atoms with Crippen molar-refractivity contribution in [3.63, 3.8) is 0 Å². The second-order valence-electron chi connectivity index (χ2n) is 5.49. The Balaban J connectivity index is 1.88. The Morgan fingerprint density at radius 2 is 1.95 bits per heavy atom. The maximum absolute atomic E-state index is 12.7. The minimum absolute atomic E-state index is 0.0578. The van der Waals surface area contributed by atoms with Gasteiger partial charge in [-0.25, -0.2) is 14.8 Å². The predicted octanol–water partition coefficient (Wildman–Crippen LogP) is 1.01. The van der Waals surface area contributed by atoms with Gasteiger partial charge in [0.05, 0.1) is 12.2 Å². The Bertz CT molecular complexity index is 581. The Kier molecular flexibility index (Phi) is 3.40. The van der Waals surface area contributed by atoms with E-state index in [1.165, 1.54) is 6.33 Å². The van der Waals surface area contributed by atoms with Gasteiger partial charge in [-0.2, -0.15) is 0 Å². The van der Waals surface area contributed by atoms with Gasteiger partial charge in [-0.05, 0) is 18.9 Å². The Hall–Kier alpha value is -2.31. The number of nitrogens with one attached hydrogen (secondary N) is 1. The van der Waals surface area contributed by atoms with E-state index in [1.54, 1.807) is 12.3 Å². The SMILES string of the molecule is O=C1NC(=O)C2(CCCCC2)C(=O)N1Cc1ccncn1. The predicted molar refractivity (Wildman–Crippen MR) is 71.6 cm³/mol. The third-order valence-corrected chi connectivity index (χ3v) is 4.23. The Morgan fingerprint density at radius 3 is 2.62 bits per heavy atom. The second-order valence-corrected chi connectivity index (χ2v) is 5.49. The molecule has 1 aliphatic heterocycles. The molecule has 0 radical (unpaired) electrons. The molecule has 1 spiro atoms. The molecule has 4 amide bonds. The number of rotatable bonds is 2. The van der Waals surface area contributed by atoms with Gasteiger partial charge in [0.1, 0.15) is 11.7 Å². The Morgan fingerprint density at radius 1 is 1.19 bits per heavy atom. The van der Waals surface area contributed by atoms with Gasteiger partial charge in [-0.15, -0.1) is 0 Å². The van der Waals surface area contributed by atoms with Gasteiger partial charge in [-0.3, -0.25) is 19.8 Å². The largest absolute Gasteiger partial charge is 0.331 e. The molecular formula is C14H16N4O3. The molecule has 7 nitrogen and oxygen atoms in total. The number of hydrogen-bond donors (Lipinski definition) is 1. The summed E-state index contributed by atoms with van der Waals surface area (Å²) in [5, 5.41) is 2.32. The summed E-state index contributed by atoms with van der Waals surface area (Å²) in [5.41, 5.74) is -0.507. The fourth-order valence-electron chi connectivity index (χ4n) is 3.05. The average molecular weight is 288 g/mol. The van der Waals surface area contributed by atoms with E-state index < -0.39 is 23.3 Å². The monoisotopic (exact) mass is 288 g/mol. The van der Waals surface area contributed by atoms with Crippen LogP contribution in [0.3, 0.4) is 0 Å². The summed E-state index contributed by atoms with van der Waals surface area (Å²) in [5.74, 6) is -0.842. The van der Waals surface area contributed by atoms with Crippen LogP contribution in [-0.2, 0) is 16.1 Å². The number of urea groups is 1. The minimum atomic E-state index is -1.07. The summed E-state index contributed by atoms with van der Waals surface area (Å²) in [6, 6.07) is 0.977. The number of carbonyl (C=O) groups excluding carboxylic acids is 3. The first kappa shape index (κ1) is 13.7. The zero-order valence-corrected chi connectivity index (χ0v) is 11.5. The number of barbiturate groups is 1. The molecule has 0 bridgehead atoms. The standard InChI is InChI=1S/C14H16N4O3/c19-11-14(5-2-1-3-6-14)12(20)18(13(21)17-11)8-10-4-7-15-9-16-10/h4,7,9H,1-3,5-6,8H2,(H,17,19,21). The fourth-order valence-corrected chi connectivity index (χ4v) is 3.05. The normalized spacial score (nSPS) is 21.5. The van der Waals surface area contributed by atoms with Crippen LogP contribution in [0, 0.1) is 5.41 Å². The lowest BCUT2D eigenvalue weighted by Gasteiger charge is -2.41. The molecular weight excluding hydrogens is 272 g/mol. The van der Waals surface area contributed by atoms with Crippen LogP contribution in [-0.4, -0.2) is 32.7 Å². The van der Waals surface area contributed by atoms with E-state index in [4.69, 9.17) is 0 Å². The van der Waals surface area contributed by atoms with Gasteiger partial charge < -0.3 is 0 Å². The van der Waals surface area contributed by atoms with Crippen molar-refractivity contribution in [1.82, 2.24) is 20.2 Å². The molecule has 3 rings (SSSR count). The lowest BCUT2D eigenvalue weighted by molar-refractivity contribution is -0.154. The summed E-state index contributed by atoms with van der Waals surface area (Å²) in [6.45, 7) is 0.0578. The van der Waals surface area contributed by atoms with E-state index in [0.717, 1.165) is 24.2 Å². The molecule has 1 aliphatic carbocycles. The summed E-state index contributed by atoms with van der Waals surface area (Å²) < 4.78 is 0. The number of aromatic nitrogens is 2. The summed E-state index contributed by atoms with van der Waals surface area (Å²) in [7, 11) is 0. The number of hydrogen-bond acceptors (Lipinski definition) is 5. The maximum Gasteiger partial charge on any atom is 0.331 e. The lowest BCUT2D eigenvalue weighted by atomic mass is 9.71. The van der Waals surface area contributed by atoms with Gasteiger partial charge in [-0.1, -0.05) is 19.3 Å². The molecule has 7 heteroatoms. The second kappa shape index (κ2) is 5.23. The molecule has 0 atom stereocenters. The van der Waals surface area contributed by atoms with Crippen LogP contribution in [0.15, 0.2) is 18.6 Å². The van der Waals surface area contributed by atoms with Crippen LogP contribution < -0.4 is 5.32 Å². The van der Waals surface area contributed by atoms with E-state index in [9.17, 15) is 14.4 Å². The summed E-state index contributed by atoms with van der Waals surface area (Å²) >= 11 is 0. The van der Waals surface area contributed by atoms with Crippen molar-refractivity contribution in [2.24, 2.45) is 5.41 Å². The van der Waals surface area contributed by atoms with Gasteiger partial charge in [0.25, 0.3) is 0 Å². The van der Waals surface area contributed by atoms with Crippen LogP contribution in [0.25, 0.3) is 0 Å². The van der Waals surface area contributed by atoms with E-state index in [2.05, 4.69) is 15.3 Å². The first-order valence-corrected chi connectivity index (χ1v) is 7.06. The summed E-state index contributed by atoms with van der Waals surface area (Å²) in [6.07, 6.45) is 6.60.